The van der Waals surface area contributed by atoms with Crippen molar-refractivity contribution in [2.24, 2.45) is 0 Å². The summed E-state index contributed by atoms with van der Waals surface area (Å²) >= 11 is 0. The largest absolute Gasteiger partial charge is 0.490 e. The first-order valence-corrected chi connectivity index (χ1v) is 7.44. The highest BCUT2D eigenvalue weighted by atomic mass is 16.5. The number of hydrogen-bond acceptors (Lipinski definition) is 3. The fraction of sp³-hybridized carbons (Fsp3) is 0.438. The number of para-hydroxylation sites is 1. The lowest BCUT2D eigenvalue weighted by Crippen LogP contribution is -2.34. The van der Waals surface area contributed by atoms with E-state index in [1.807, 2.05) is 32.3 Å². The number of ether oxygens (including phenoxy) is 1. The zero-order valence-corrected chi connectivity index (χ0v) is 12.9. The Morgan fingerprint density at radius 3 is 3.00 bits per heavy atom. The van der Waals surface area contributed by atoms with Gasteiger partial charge in [0.1, 0.15) is 12.4 Å². The topological polar surface area (TPSA) is 68.8 Å². The highest BCUT2D eigenvalue weighted by Gasteiger charge is 2.24. The number of aromatic nitrogens is 1. The summed E-state index contributed by atoms with van der Waals surface area (Å²) in [5.41, 5.74) is 3.16. The van der Waals surface area contributed by atoms with Crippen LogP contribution in [0.2, 0.25) is 0 Å². The van der Waals surface area contributed by atoms with E-state index in [1.54, 1.807) is 0 Å². The maximum Gasteiger partial charge on any atom is 0.407 e. The van der Waals surface area contributed by atoms with Crippen LogP contribution < -0.4 is 4.74 Å². The van der Waals surface area contributed by atoms with E-state index in [1.165, 1.54) is 4.90 Å². The number of fused-ring (bicyclic) bond motifs is 3. The number of amides is 1. The summed E-state index contributed by atoms with van der Waals surface area (Å²) < 4.78 is 5.88. The Balaban J connectivity index is 1.90. The minimum atomic E-state index is -0.863. The number of carboxylic acid groups (broad SMARTS) is 1. The molecule has 0 aliphatic carbocycles. The number of likely N-dealkylation sites (N-methyl/N-ethyl adjacent to an activating group) is 1. The molecule has 1 aromatic carbocycles. The molecule has 3 rings (SSSR count). The van der Waals surface area contributed by atoms with Gasteiger partial charge in [0.25, 0.3) is 0 Å². The van der Waals surface area contributed by atoms with Crippen LogP contribution in [0.3, 0.4) is 0 Å². The minimum Gasteiger partial charge on any atom is -0.490 e. The second-order valence-electron chi connectivity index (χ2n) is 5.87. The molecule has 1 aliphatic rings. The van der Waals surface area contributed by atoms with Gasteiger partial charge in [0.2, 0.25) is 0 Å². The van der Waals surface area contributed by atoms with Crippen LogP contribution in [0, 0.1) is 0 Å². The average molecular weight is 303 g/mol. The van der Waals surface area contributed by atoms with Crippen molar-refractivity contribution in [3.05, 3.63) is 29.5 Å². The fourth-order valence-corrected chi connectivity index (χ4v) is 2.83. The van der Waals surface area contributed by atoms with E-state index in [0.29, 0.717) is 26.1 Å². The molecule has 2 N–H and O–H groups in total. The van der Waals surface area contributed by atoms with Gasteiger partial charge < -0.3 is 24.6 Å². The van der Waals surface area contributed by atoms with Crippen molar-refractivity contribution in [1.29, 1.82) is 0 Å². The first-order valence-electron chi connectivity index (χ1n) is 7.44. The molecule has 1 amide bonds. The van der Waals surface area contributed by atoms with E-state index < -0.39 is 6.09 Å². The van der Waals surface area contributed by atoms with Gasteiger partial charge >= 0.3 is 6.09 Å². The molecule has 0 unspecified atom stereocenters. The van der Waals surface area contributed by atoms with Crippen molar-refractivity contribution in [3.63, 3.8) is 0 Å². The summed E-state index contributed by atoms with van der Waals surface area (Å²) in [4.78, 5) is 18.1. The van der Waals surface area contributed by atoms with Gasteiger partial charge in [0.05, 0.1) is 12.1 Å². The van der Waals surface area contributed by atoms with Crippen LogP contribution in [-0.4, -0.2) is 59.8 Å². The fourth-order valence-electron chi connectivity index (χ4n) is 2.83. The van der Waals surface area contributed by atoms with Gasteiger partial charge in [0.15, 0.2) is 0 Å². The Morgan fingerprint density at radius 1 is 1.45 bits per heavy atom. The molecule has 0 fully saturated rings. The van der Waals surface area contributed by atoms with Crippen LogP contribution in [-0.2, 0) is 13.0 Å². The second-order valence-corrected chi connectivity index (χ2v) is 5.87. The normalized spacial score (nSPS) is 14.4. The van der Waals surface area contributed by atoms with Crippen molar-refractivity contribution in [2.45, 2.75) is 13.0 Å². The Morgan fingerprint density at radius 2 is 2.27 bits per heavy atom. The van der Waals surface area contributed by atoms with Gasteiger partial charge in [-0.2, -0.15) is 0 Å². The summed E-state index contributed by atoms with van der Waals surface area (Å²) in [6.07, 6.45) is -0.147. The summed E-state index contributed by atoms with van der Waals surface area (Å²) in [6, 6.07) is 5.94. The molecule has 0 radical (unpaired) electrons. The van der Waals surface area contributed by atoms with E-state index in [2.05, 4.69) is 9.88 Å². The van der Waals surface area contributed by atoms with Crippen LogP contribution >= 0.6 is 0 Å². The average Bonchev–Trinajstić information content (AvgIpc) is 2.85. The predicted molar refractivity (Wildman–Crippen MR) is 84.5 cm³/mol. The van der Waals surface area contributed by atoms with Gasteiger partial charge in [-0.1, -0.05) is 12.1 Å². The predicted octanol–water partition coefficient (Wildman–Crippen LogP) is 2.14. The van der Waals surface area contributed by atoms with Gasteiger partial charge in [-0.25, -0.2) is 4.79 Å². The molecule has 1 aromatic heterocycles. The van der Waals surface area contributed by atoms with Gasteiger partial charge in [0, 0.05) is 36.2 Å². The van der Waals surface area contributed by atoms with E-state index in [4.69, 9.17) is 4.74 Å². The highest BCUT2D eigenvalue weighted by molar-refractivity contribution is 5.90. The van der Waals surface area contributed by atoms with Crippen molar-refractivity contribution < 1.29 is 14.6 Å². The lowest BCUT2D eigenvalue weighted by atomic mass is 10.0. The SMILES string of the molecule is CN(C)CCOc1cccc2c3c([nH]c12)CCN(C(=O)O)C3. The zero-order valence-electron chi connectivity index (χ0n) is 12.9. The summed E-state index contributed by atoms with van der Waals surface area (Å²) in [5, 5.41) is 10.2. The molecule has 0 bridgehead atoms. The second kappa shape index (κ2) is 5.88. The van der Waals surface area contributed by atoms with Gasteiger partial charge in [-0.05, 0) is 20.2 Å². The highest BCUT2D eigenvalue weighted by Crippen LogP contribution is 2.32. The van der Waals surface area contributed by atoms with Crippen LogP contribution in [0.15, 0.2) is 18.2 Å². The van der Waals surface area contributed by atoms with Crippen LogP contribution in [0.4, 0.5) is 4.79 Å². The Labute approximate surface area is 129 Å². The van der Waals surface area contributed by atoms with Crippen molar-refractivity contribution in [2.75, 3.05) is 33.8 Å². The van der Waals surface area contributed by atoms with E-state index in [-0.39, 0.29) is 0 Å². The first kappa shape index (κ1) is 14.7. The standard InChI is InChI=1S/C16H21N3O3/c1-18(2)8-9-22-14-5-3-4-11-12-10-19(16(20)21)7-6-13(12)17-15(11)14/h3-5,17H,6-10H2,1-2H3,(H,20,21). The number of rotatable bonds is 4. The quantitative estimate of drug-likeness (QED) is 0.908. The molecule has 1 aliphatic heterocycles. The van der Waals surface area contributed by atoms with Crippen molar-refractivity contribution in [1.82, 2.24) is 14.8 Å². The molecule has 0 spiro atoms. The lowest BCUT2D eigenvalue weighted by molar-refractivity contribution is 0.140. The number of aromatic amines is 1. The number of H-pyrrole nitrogens is 1. The monoisotopic (exact) mass is 303 g/mol. The maximum atomic E-state index is 11.2. The van der Waals surface area contributed by atoms with Crippen molar-refractivity contribution >= 4 is 17.0 Å². The third-order valence-electron chi connectivity index (χ3n) is 4.04. The summed E-state index contributed by atoms with van der Waals surface area (Å²) in [7, 11) is 4.02. The van der Waals surface area contributed by atoms with E-state index in [0.717, 1.165) is 34.5 Å². The molecule has 6 heteroatoms. The molecule has 0 saturated heterocycles. The summed E-state index contributed by atoms with van der Waals surface area (Å²) in [5.74, 6) is 0.829. The number of benzene rings is 1. The molecule has 6 nitrogen and oxygen atoms in total. The van der Waals surface area contributed by atoms with Gasteiger partial charge in [-0.15, -0.1) is 0 Å². The molecule has 2 heterocycles. The number of hydrogen-bond donors (Lipinski definition) is 2. The van der Waals surface area contributed by atoms with Crippen molar-refractivity contribution in [3.8, 4) is 5.75 Å². The Bertz CT molecular complexity index is 693. The molecule has 0 atom stereocenters. The van der Waals surface area contributed by atoms with Crippen LogP contribution in [0.5, 0.6) is 5.75 Å². The van der Waals surface area contributed by atoms with Crippen LogP contribution in [0.1, 0.15) is 11.3 Å². The molecular weight excluding hydrogens is 282 g/mol. The van der Waals surface area contributed by atoms with E-state index in [9.17, 15) is 9.90 Å². The zero-order chi connectivity index (χ0) is 15.7. The smallest absolute Gasteiger partial charge is 0.407 e. The first-order chi connectivity index (χ1) is 10.6. The summed E-state index contributed by atoms with van der Waals surface area (Å²) in [6.45, 7) is 2.44. The maximum absolute atomic E-state index is 11.2. The molecule has 0 saturated carbocycles. The lowest BCUT2D eigenvalue weighted by Gasteiger charge is -2.24. The third kappa shape index (κ3) is 2.74. The Hall–Kier alpha value is -2.21. The molecule has 22 heavy (non-hydrogen) atoms. The number of nitrogens with zero attached hydrogens (tertiary/aromatic N) is 2. The molecule has 118 valence electrons. The molecule has 2 aromatic rings. The number of nitrogens with one attached hydrogen (secondary N) is 1. The van der Waals surface area contributed by atoms with Crippen LogP contribution in [0.25, 0.3) is 10.9 Å². The Kier molecular flexibility index (Phi) is 3.94. The van der Waals surface area contributed by atoms with Gasteiger partial charge in [-0.3, -0.25) is 0 Å². The molecular formula is C16H21N3O3. The van der Waals surface area contributed by atoms with E-state index >= 15 is 0 Å². The minimum absolute atomic E-state index is 0.436. The number of carbonyl (C=O) groups is 1. The third-order valence-corrected chi connectivity index (χ3v) is 4.04.